The van der Waals surface area contributed by atoms with Gasteiger partial charge in [-0.15, -0.1) is 10.2 Å². The minimum Gasteiger partial charge on any atom is -0.461 e. The first-order valence-corrected chi connectivity index (χ1v) is 8.68. The van der Waals surface area contributed by atoms with Crippen molar-refractivity contribution < 1.29 is 14.0 Å². The summed E-state index contributed by atoms with van der Waals surface area (Å²) in [6, 6.07) is 3.59. The van der Waals surface area contributed by atoms with Gasteiger partial charge in [0.05, 0.1) is 17.9 Å². The topological polar surface area (TPSA) is 107 Å². The van der Waals surface area contributed by atoms with E-state index in [0.29, 0.717) is 29.8 Å². The highest BCUT2D eigenvalue weighted by molar-refractivity contribution is 7.99. The molecule has 1 atom stereocenters. The van der Waals surface area contributed by atoms with Crippen LogP contribution in [0.3, 0.4) is 0 Å². The molecule has 0 bridgehead atoms. The Kier molecular flexibility index (Phi) is 4.89. The van der Waals surface area contributed by atoms with Crippen molar-refractivity contribution in [2.75, 3.05) is 18.8 Å². The van der Waals surface area contributed by atoms with Crippen molar-refractivity contribution in [3.63, 3.8) is 0 Å². The second-order valence-corrected chi connectivity index (χ2v) is 6.65. The molecule has 1 saturated heterocycles. The quantitative estimate of drug-likeness (QED) is 0.803. The van der Waals surface area contributed by atoms with Crippen LogP contribution in [0.4, 0.5) is 0 Å². The zero-order valence-electron chi connectivity index (χ0n) is 13.3. The van der Waals surface area contributed by atoms with Crippen LogP contribution in [0.1, 0.15) is 12.8 Å². The molecule has 8 nitrogen and oxygen atoms in total. The van der Waals surface area contributed by atoms with E-state index in [-0.39, 0.29) is 23.5 Å². The van der Waals surface area contributed by atoms with Crippen molar-refractivity contribution in [2.24, 2.45) is 18.7 Å². The van der Waals surface area contributed by atoms with E-state index in [0.717, 1.165) is 12.8 Å². The molecule has 2 aromatic heterocycles. The molecule has 2 amide bonds. The molecule has 24 heavy (non-hydrogen) atoms. The first-order valence-electron chi connectivity index (χ1n) is 7.69. The average molecular weight is 349 g/mol. The maximum Gasteiger partial charge on any atom is 0.233 e. The number of hydrogen-bond donors (Lipinski definition) is 1. The van der Waals surface area contributed by atoms with Gasteiger partial charge in [0.15, 0.2) is 16.7 Å². The van der Waals surface area contributed by atoms with E-state index in [1.807, 2.05) is 7.05 Å². The molecule has 2 aromatic rings. The van der Waals surface area contributed by atoms with Gasteiger partial charge in [0, 0.05) is 20.1 Å². The Labute approximate surface area is 143 Å². The lowest BCUT2D eigenvalue weighted by atomic mass is 9.97. The summed E-state index contributed by atoms with van der Waals surface area (Å²) in [7, 11) is 1.83. The van der Waals surface area contributed by atoms with Gasteiger partial charge < -0.3 is 19.6 Å². The molecule has 9 heteroatoms. The predicted molar refractivity (Wildman–Crippen MR) is 87.9 cm³/mol. The molecule has 0 radical (unpaired) electrons. The SMILES string of the molecule is Cn1c(SCC(=O)N2CCC[C@@H](C(N)=O)C2)nnc1-c1ccco1. The molecule has 0 unspecified atom stereocenters. The van der Waals surface area contributed by atoms with Crippen molar-refractivity contribution in [2.45, 2.75) is 18.0 Å². The van der Waals surface area contributed by atoms with Crippen molar-refractivity contribution in [1.29, 1.82) is 0 Å². The summed E-state index contributed by atoms with van der Waals surface area (Å²) in [5.41, 5.74) is 5.35. The molecule has 0 aromatic carbocycles. The Morgan fingerprint density at radius 3 is 3.00 bits per heavy atom. The summed E-state index contributed by atoms with van der Waals surface area (Å²) >= 11 is 1.32. The molecular formula is C15H19N5O3S. The zero-order chi connectivity index (χ0) is 17.1. The van der Waals surface area contributed by atoms with Crippen molar-refractivity contribution in [3.05, 3.63) is 18.4 Å². The standard InChI is InChI=1S/C15H19N5O3S/c1-19-14(11-5-3-7-23-11)17-18-15(19)24-9-12(21)20-6-2-4-10(8-20)13(16)22/h3,5,7,10H,2,4,6,8-9H2,1H3,(H2,16,22)/t10-/m1/s1. The Bertz CT molecular complexity index is 728. The second-order valence-electron chi connectivity index (χ2n) is 5.71. The summed E-state index contributed by atoms with van der Waals surface area (Å²) in [6.45, 7) is 1.07. The van der Waals surface area contributed by atoms with Crippen LogP contribution in [-0.2, 0) is 16.6 Å². The fourth-order valence-corrected chi connectivity index (χ4v) is 3.53. The summed E-state index contributed by atoms with van der Waals surface area (Å²) in [5.74, 6) is 0.888. The third-order valence-electron chi connectivity index (χ3n) is 4.08. The summed E-state index contributed by atoms with van der Waals surface area (Å²) in [4.78, 5) is 25.4. The number of carbonyl (C=O) groups excluding carboxylic acids is 2. The lowest BCUT2D eigenvalue weighted by Gasteiger charge is -2.31. The summed E-state index contributed by atoms with van der Waals surface area (Å²) in [5, 5.41) is 8.84. The first kappa shape index (κ1) is 16.6. The molecule has 128 valence electrons. The molecule has 1 fully saturated rings. The number of nitrogens with zero attached hydrogens (tertiary/aromatic N) is 4. The number of hydrogen-bond acceptors (Lipinski definition) is 6. The highest BCUT2D eigenvalue weighted by atomic mass is 32.2. The molecule has 0 aliphatic carbocycles. The predicted octanol–water partition coefficient (Wildman–Crippen LogP) is 0.891. The highest BCUT2D eigenvalue weighted by Crippen LogP contribution is 2.24. The lowest BCUT2D eigenvalue weighted by Crippen LogP contribution is -2.44. The van der Waals surface area contributed by atoms with E-state index < -0.39 is 0 Å². The van der Waals surface area contributed by atoms with Crippen LogP contribution in [0, 0.1) is 5.92 Å². The molecular weight excluding hydrogens is 330 g/mol. The van der Waals surface area contributed by atoms with Crippen LogP contribution in [0.25, 0.3) is 11.6 Å². The maximum atomic E-state index is 12.4. The van der Waals surface area contributed by atoms with Crippen molar-refractivity contribution in [3.8, 4) is 11.6 Å². The number of aromatic nitrogens is 3. The van der Waals surface area contributed by atoms with Gasteiger partial charge in [-0.05, 0) is 25.0 Å². The number of rotatable bonds is 5. The third kappa shape index (κ3) is 3.45. The minimum absolute atomic E-state index is 0.0199. The van der Waals surface area contributed by atoms with Gasteiger partial charge in [0.25, 0.3) is 0 Å². The van der Waals surface area contributed by atoms with E-state index in [1.54, 1.807) is 27.9 Å². The molecule has 0 spiro atoms. The Balaban J connectivity index is 1.60. The fourth-order valence-electron chi connectivity index (χ4n) is 2.71. The van der Waals surface area contributed by atoms with Gasteiger partial charge in [0.2, 0.25) is 11.8 Å². The Morgan fingerprint density at radius 2 is 2.29 bits per heavy atom. The molecule has 2 N–H and O–H groups in total. The van der Waals surface area contributed by atoms with Gasteiger partial charge in [-0.1, -0.05) is 11.8 Å². The largest absolute Gasteiger partial charge is 0.461 e. The van der Waals surface area contributed by atoms with Crippen molar-refractivity contribution >= 4 is 23.6 Å². The van der Waals surface area contributed by atoms with E-state index in [9.17, 15) is 9.59 Å². The van der Waals surface area contributed by atoms with Crippen LogP contribution >= 0.6 is 11.8 Å². The lowest BCUT2D eigenvalue weighted by molar-refractivity contribution is -0.132. The van der Waals surface area contributed by atoms with Gasteiger partial charge in [-0.2, -0.15) is 0 Å². The third-order valence-corrected chi connectivity index (χ3v) is 5.08. The van der Waals surface area contributed by atoms with E-state index >= 15 is 0 Å². The zero-order valence-corrected chi connectivity index (χ0v) is 14.2. The van der Waals surface area contributed by atoms with Crippen LogP contribution in [0.5, 0.6) is 0 Å². The first-order chi connectivity index (χ1) is 11.6. The van der Waals surface area contributed by atoms with Gasteiger partial charge >= 0.3 is 0 Å². The van der Waals surface area contributed by atoms with Crippen LogP contribution in [0.15, 0.2) is 28.0 Å². The minimum atomic E-state index is -0.337. The molecule has 3 rings (SSSR count). The van der Waals surface area contributed by atoms with E-state index in [4.69, 9.17) is 10.2 Å². The molecule has 3 heterocycles. The number of nitrogens with two attached hydrogens (primary N) is 1. The van der Waals surface area contributed by atoms with Crippen LogP contribution < -0.4 is 5.73 Å². The normalized spacial score (nSPS) is 17.9. The van der Waals surface area contributed by atoms with E-state index in [1.165, 1.54) is 11.8 Å². The number of amides is 2. The number of furan rings is 1. The number of piperidine rings is 1. The monoisotopic (exact) mass is 349 g/mol. The van der Waals surface area contributed by atoms with E-state index in [2.05, 4.69) is 10.2 Å². The second kappa shape index (κ2) is 7.08. The number of thioether (sulfide) groups is 1. The number of carbonyl (C=O) groups is 2. The average Bonchev–Trinajstić information content (AvgIpc) is 3.22. The Morgan fingerprint density at radius 1 is 1.46 bits per heavy atom. The summed E-state index contributed by atoms with van der Waals surface area (Å²) < 4.78 is 7.11. The Hall–Kier alpha value is -2.29. The smallest absolute Gasteiger partial charge is 0.233 e. The van der Waals surface area contributed by atoms with Gasteiger partial charge in [-0.3, -0.25) is 9.59 Å². The van der Waals surface area contributed by atoms with Crippen molar-refractivity contribution in [1.82, 2.24) is 19.7 Å². The maximum absolute atomic E-state index is 12.4. The number of primary amides is 1. The number of likely N-dealkylation sites (tertiary alicyclic amines) is 1. The summed E-state index contributed by atoms with van der Waals surface area (Å²) in [6.07, 6.45) is 3.13. The fraction of sp³-hybridized carbons (Fsp3) is 0.467. The molecule has 0 saturated carbocycles. The van der Waals surface area contributed by atoms with Crippen LogP contribution in [-0.4, -0.2) is 50.3 Å². The van der Waals surface area contributed by atoms with Crippen LogP contribution in [0.2, 0.25) is 0 Å². The highest BCUT2D eigenvalue weighted by Gasteiger charge is 2.27. The molecule has 1 aliphatic rings. The van der Waals surface area contributed by atoms with Gasteiger partial charge in [-0.25, -0.2) is 0 Å². The van der Waals surface area contributed by atoms with Gasteiger partial charge in [0.1, 0.15) is 0 Å². The molecule has 1 aliphatic heterocycles.